The molecule has 0 saturated heterocycles. The quantitative estimate of drug-likeness (QED) is 0.883. The molecule has 0 spiro atoms. The average Bonchev–Trinajstić information content (AvgIpc) is 2.63. The normalized spacial score (nSPS) is 10.7. The Hall–Kier alpha value is -1.39. The fourth-order valence-electron chi connectivity index (χ4n) is 1.52. The molecule has 0 fully saturated rings. The van der Waals surface area contributed by atoms with E-state index in [4.69, 9.17) is 17.3 Å². The minimum atomic E-state index is 0.411. The highest BCUT2D eigenvalue weighted by atomic mass is 35.5. The molecule has 1 aromatic carbocycles. The van der Waals surface area contributed by atoms with Crippen LogP contribution >= 0.6 is 11.6 Å². The third kappa shape index (κ3) is 2.08. The first-order valence-electron chi connectivity index (χ1n) is 5.05. The number of nitrogens with zero attached hydrogens (tertiary/aromatic N) is 3. The Balaban J connectivity index is 2.27. The molecule has 0 aliphatic heterocycles. The molecule has 0 saturated carbocycles. The van der Waals surface area contributed by atoms with Crippen molar-refractivity contribution in [1.29, 1.82) is 0 Å². The predicted molar refractivity (Wildman–Crippen MR) is 63.2 cm³/mol. The van der Waals surface area contributed by atoms with Crippen molar-refractivity contribution in [3.8, 4) is 0 Å². The van der Waals surface area contributed by atoms with Crippen molar-refractivity contribution >= 4 is 11.6 Å². The molecule has 0 amide bonds. The number of rotatable bonds is 3. The second kappa shape index (κ2) is 4.63. The standard InChI is InChI=1S/C11H13ClN4/c1-8-11(6-13)14-15-16(8)7-9-4-2-3-5-10(9)12/h2-5H,6-7,13H2,1H3. The highest BCUT2D eigenvalue weighted by Gasteiger charge is 2.08. The molecule has 2 aromatic rings. The molecular formula is C11H13ClN4. The lowest BCUT2D eigenvalue weighted by Crippen LogP contribution is -2.05. The van der Waals surface area contributed by atoms with Crippen LogP contribution in [0.5, 0.6) is 0 Å². The van der Waals surface area contributed by atoms with E-state index in [1.807, 2.05) is 35.9 Å². The third-order valence-corrected chi connectivity index (χ3v) is 2.92. The smallest absolute Gasteiger partial charge is 0.0991 e. The molecule has 0 unspecified atom stereocenters. The van der Waals surface area contributed by atoms with E-state index in [0.29, 0.717) is 13.1 Å². The van der Waals surface area contributed by atoms with Crippen LogP contribution in [0.2, 0.25) is 5.02 Å². The summed E-state index contributed by atoms with van der Waals surface area (Å²) in [5, 5.41) is 8.80. The Morgan fingerprint density at radius 3 is 2.75 bits per heavy atom. The number of aromatic nitrogens is 3. The van der Waals surface area contributed by atoms with Crippen LogP contribution in [0.3, 0.4) is 0 Å². The van der Waals surface area contributed by atoms with Gasteiger partial charge in [0.1, 0.15) is 0 Å². The monoisotopic (exact) mass is 236 g/mol. The Bertz CT molecular complexity index is 492. The highest BCUT2D eigenvalue weighted by molar-refractivity contribution is 6.31. The van der Waals surface area contributed by atoms with E-state index in [-0.39, 0.29) is 0 Å². The van der Waals surface area contributed by atoms with E-state index in [1.54, 1.807) is 0 Å². The predicted octanol–water partition coefficient (Wildman–Crippen LogP) is 1.75. The zero-order valence-corrected chi connectivity index (χ0v) is 9.78. The summed E-state index contributed by atoms with van der Waals surface area (Å²) in [5.41, 5.74) is 8.39. The molecular weight excluding hydrogens is 224 g/mol. The zero-order chi connectivity index (χ0) is 11.5. The zero-order valence-electron chi connectivity index (χ0n) is 9.02. The van der Waals surface area contributed by atoms with Gasteiger partial charge in [-0.05, 0) is 18.6 Å². The van der Waals surface area contributed by atoms with Crippen molar-refractivity contribution in [3.05, 3.63) is 46.2 Å². The highest BCUT2D eigenvalue weighted by Crippen LogP contribution is 2.16. The third-order valence-electron chi connectivity index (χ3n) is 2.55. The van der Waals surface area contributed by atoms with Gasteiger partial charge in [0, 0.05) is 11.6 Å². The second-order valence-electron chi connectivity index (χ2n) is 3.57. The summed E-state index contributed by atoms with van der Waals surface area (Å²) >= 11 is 6.08. The molecule has 2 rings (SSSR count). The Kier molecular flexibility index (Phi) is 3.22. The van der Waals surface area contributed by atoms with Crippen molar-refractivity contribution < 1.29 is 0 Å². The van der Waals surface area contributed by atoms with Gasteiger partial charge in [-0.2, -0.15) is 0 Å². The molecule has 1 aromatic heterocycles. The molecule has 0 radical (unpaired) electrons. The Labute approximate surface area is 99.0 Å². The largest absolute Gasteiger partial charge is 0.325 e. The minimum Gasteiger partial charge on any atom is -0.325 e. The van der Waals surface area contributed by atoms with Crippen LogP contribution in [0, 0.1) is 6.92 Å². The molecule has 16 heavy (non-hydrogen) atoms. The summed E-state index contributed by atoms with van der Waals surface area (Å²) < 4.78 is 1.81. The maximum Gasteiger partial charge on any atom is 0.0991 e. The number of benzene rings is 1. The molecule has 2 N–H and O–H groups in total. The molecule has 4 nitrogen and oxygen atoms in total. The van der Waals surface area contributed by atoms with E-state index in [2.05, 4.69) is 10.3 Å². The lowest BCUT2D eigenvalue weighted by Gasteiger charge is -2.05. The van der Waals surface area contributed by atoms with Crippen LogP contribution in [0.4, 0.5) is 0 Å². The summed E-state index contributed by atoms with van der Waals surface area (Å²) in [6, 6.07) is 7.71. The van der Waals surface area contributed by atoms with E-state index in [1.165, 1.54) is 0 Å². The molecule has 5 heteroatoms. The Morgan fingerprint density at radius 2 is 2.12 bits per heavy atom. The van der Waals surface area contributed by atoms with Gasteiger partial charge in [0.05, 0.1) is 17.9 Å². The Morgan fingerprint density at radius 1 is 1.38 bits per heavy atom. The van der Waals surface area contributed by atoms with Crippen LogP contribution in [0.1, 0.15) is 17.0 Å². The van der Waals surface area contributed by atoms with E-state index >= 15 is 0 Å². The lowest BCUT2D eigenvalue weighted by molar-refractivity contribution is 0.633. The van der Waals surface area contributed by atoms with Gasteiger partial charge in [-0.15, -0.1) is 5.10 Å². The van der Waals surface area contributed by atoms with Crippen molar-refractivity contribution in [1.82, 2.24) is 15.0 Å². The van der Waals surface area contributed by atoms with Gasteiger partial charge in [-0.1, -0.05) is 35.0 Å². The molecule has 0 atom stereocenters. The fraction of sp³-hybridized carbons (Fsp3) is 0.273. The first-order valence-corrected chi connectivity index (χ1v) is 5.42. The van der Waals surface area contributed by atoms with Crippen molar-refractivity contribution in [2.75, 3.05) is 0 Å². The van der Waals surface area contributed by atoms with Crippen LogP contribution in [0.15, 0.2) is 24.3 Å². The number of halogens is 1. The van der Waals surface area contributed by atoms with Crippen molar-refractivity contribution in [2.24, 2.45) is 5.73 Å². The average molecular weight is 237 g/mol. The number of hydrogen-bond acceptors (Lipinski definition) is 3. The van der Waals surface area contributed by atoms with Gasteiger partial charge >= 0.3 is 0 Å². The first kappa shape index (κ1) is 11.1. The maximum atomic E-state index is 6.08. The molecule has 84 valence electrons. The summed E-state index contributed by atoms with van der Waals surface area (Å²) in [6.45, 7) is 2.99. The summed E-state index contributed by atoms with van der Waals surface area (Å²) in [6.07, 6.45) is 0. The van der Waals surface area contributed by atoms with Gasteiger partial charge in [-0.3, -0.25) is 0 Å². The van der Waals surface area contributed by atoms with Crippen LogP contribution in [-0.4, -0.2) is 15.0 Å². The second-order valence-corrected chi connectivity index (χ2v) is 3.98. The number of nitrogens with two attached hydrogens (primary N) is 1. The molecule has 0 aliphatic rings. The van der Waals surface area contributed by atoms with Crippen molar-refractivity contribution in [2.45, 2.75) is 20.0 Å². The summed E-state index contributed by atoms with van der Waals surface area (Å²) in [7, 11) is 0. The van der Waals surface area contributed by atoms with Crippen LogP contribution in [-0.2, 0) is 13.1 Å². The molecule has 0 bridgehead atoms. The van der Waals surface area contributed by atoms with E-state index in [9.17, 15) is 0 Å². The fourth-order valence-corrected chi connectivity index (χ4v) is 1.72. The van der Waals surface area contributed by atoms with E-state index < -0.39 is 0 Å². The van der Waals surface area contributed by atoms with Crippen LogP contribution < -0.4 is 5.73 Å². The van der Waals surface area contributed by atoms with Gasteiger partial charge in [0.2, 0.25) is 0 Å². The summed E-state index contributed by atoms with van der Waals surface area (Å²) in [5.74, 6) is 0. The maximum absolute atomic E-state index is 6.08. The summed E-state index contributed by atoms with van der Waals surface area (Å²) in [4.78, 5) is 0. The first-order chi connectivity index (χ1) is 7.72. The number of hydrogen-bond donors (Lipinski definition) is 1. The topological polar surface area (TPSA) is 56.7 Å². The van der Waals surface area contributed by atoms with Gasteiger partial charge in [0.15, 0.2) is 0 Å². The van der Waals surface area contributed by atoms with E-state index in [0.717, 1.165) is 22.0 Å². The lowest BCUT2D eigenvalue weighted by atomic mass is 10.2. The minimum absolute atomic E-state index is 0.411. The molecule has 0 aliphatic carbocycles. The van der Waals surface area contributed by atoms with Crippen LogP contribution in [0.25, 0.3) is 0 Å². The van der Waals surface area contributed by atoms with Gasteiger partial charge in [-0.25, -0.2) is 4.68 Å². The molecule has 1 heterocycles. The SMILES string of the molecule is Cc1c(CN)nnn1Cc1ccccc1Cl. The van der Waals surface area contributed by atoms with Gasteiger partial charge < -0.3 is 5.73 Å². The van der Waals surface area contributed by atoms with Crippen molar-refractivity contribution in [3.63, 3.8) is 0 Å². The van der Waals surface area contributed by atoms with Gasteiger partial charge in [0.25, 0.3) is 0 Å².